The van der Waals surface area contributed by atoms with Gasteiger partial charge in [-0.3, -0.25) is 0 Å². The first-order valence-electron chi connectivity index (χ1n) is 4.09. The van der Waals surface area contributed by atoms with Crippen LogP contribution in [0.2, 0.25) is 0 Å². The number of aliphatic hydroxyl groups is 1. The van der Waals surface area contributed by atoms with Gasteiger partial charge in [-0.15, -0.1) is 0 Å². The number of rotatable bonds is 3. The van der Waals surface area contributed by atoms with E-state index in [1.54, 1.807) is 25.3 Å². The molecule has 2 nitrogen and oxygen atoms in total. The lowest BCUT2D eigenvalue weighted by Gasteiger charge is -2.14. The third-order valence-corrected chi connectivity index (χ3v) is 1.87. The molecule has 1 aromatic rings. The van der Waals surface area contributed by atoms with E-state index in [0.29, 0.717) is 6.42 Å². The second-order valence-electron chi connectivity index (χ2n) is 3.06. The van der Waals surface area contributed by atoms with Crippen molar-refractivity contribution in [1.82, 2.24) is 0 Å². The minimum atomic E-state index is -0.729. The lowest BCUT2D eigenvalue weighted by atomic mass is 10.0. The van der Waals surface area contributed by atoms with Crippen molar-refractivity contribution in [3.8, 4) is 0 Å². The molecular formula is C10H14O2. The van der Waals surface area contributed by atoms with E-state index in [0.717, 1.165) is 5.76 Å². The standard InChI is InChI=1S/C10H14O2/c1-3-10(2,11)7-6-9-5-4-8-12-9/h4-8,11H,3H2,1-2H3/b7-6+. The van der Waals surface area contributed by atoms with E-state index in [9.17, 15) is 5.11 Å². The molecule has 1 heterocycles. The van der Waals surface area contributed by atoms with Gasteiger partial charge in [-0.2, -0.15) is 0 Å². The molecule has 0 aliphatic rings. The molecule has 0 aliphatic heterocycles. The van der Waals surface area contributed by atoms with Crippen molar-refractivity contribution >= 4 is 6.08 Å². The van der Waals surface area contributed by atoms with E-state index in [4.69, 9.17) is 4.42 Å². The number of furan rings is 1. The highest BCUT2D eigenvalue weighted by molar-refractivity contribution is 5.43. The Balaban J connectivity index is 2.62. The minimum Gasteiger partial charge on any atom is -0.465 e. The largest absolute Gasteiger partial charge is 0.465 e. The van der Waals surface area contributed by atoms with Gasteiger partial charge in [0.1, 0.15) is 5.76 Å². The summed E-state index contributed by atoms with van der Waals surface area (Å²) in [6, 6.07) is 3.67. The monoisotopic (exact) mass is 166 g/mol. The van der Waals surface area contributed by atoms with Crippen LogP contribution in [0.4, 0.5) is 0 Å². The second-order valence-corrected chi connectivity index (χ2v) is 3.06. The van der Waals surface area contributed by atoms with Gasteiger partial charge < -0.3 is 9.52 Å². The van der Waals surface area contributed by atoms with Gasteiger partial charge in [0.2, 0.25) is 0 Å². The normalized spacial score (nSPS) is 16.6. The zero-order chi connectivity index (χ0) is 9.03. The fourth-order valence-corrected chi connectivity index (χ4v) is 0.766. The molecule has 1 aromatic heterocycles. The molecule has 0 aromatic carbocycles. The molecule has 1 rings (SSSR count). The van der Waals surface area contributed by atoms with E-state index >= 15 is 0 Å². The molecule has 0 radical (unpaired) electrons. The van der Waals surface area contributed by atoms with Gasteiger partial charge in [0, 0.05) is 0 Å². The predicted octanol–water partition coefficient (Wildman–Crippen LogP) is 2.45. The molecule has 0 fully saturated rings. The molecule has 0 spiro atoms. The summed E-state index contributed by atoms with van der Waals surface area (Å²) in [5, 5.41) is 9.59. The maximum absolute atomic E-state index is 9.59. The van der Waals surface area contributed by atoms with Gasteiger partial charge in [-0.05, 0) is 37.6 Å². The Hall–Kier alpha value is -1.02. The first-order chi connectivity index (χ1) is 5.64. The molecule has 0 amide bonds. The van der Waals surface area contributed by atoms with Gasteiger partial charge in [-0.1, -0.05) is 6.92 Å². The molecule has 0 saturated heterocycles. The van der Waals surface area contributed by atoms with Crippen molar-refractivity contribution in [2.45, 2.75) is 25.9 Å². The average Bonchev–Trinajstić information content (AvgIpc) is 2.53. The molecule has 1 N–H and O–H groups in total. The highest BCUT2D eigenvalue weighted by Crippen LogP contribution is 2.13. The third-order valence-electron chi connectivity index (χ3n) is 1.87. The second kappa shape index (κ2) is 3.59. The first kappa shape index (κ1) is 9.07. The molecular weight excluding hydrogens is 152 g/mol. The van der Waals surface area contributed by atoms with E-state index in [2.05, 4.69) is 0 Å². The van der Waals surface area contributed by atoms with Crippen LogP contribution in [0.25, 0.3) is 6.08 Å². The Morgan fingerprint density at radius 2 is 2.42 bits per heavy atom. The summed E-state index contributed by atoms with van der Waals surface area (Å²) in [5.74, 6) is 0.767. The highest BCUT2D eigenvalue weighted by atomic mass is 16.3. The summed E-state index contributed by atoms with van der Waals surface area (Å²) >= 11 is 0. The van der Waals surface area contributed by atoms with Crippen LogP contribution in [0.5, 0.6) is 0 Å². The van der Waals surface area contributed by atoms with E-state index in [-0.39, 0.29) is 0 Å². The summed E-state index contributed by atoms with van der Waals surface area (Å²) in [6.07, 6.45) is 5.83. The van der Waals surface area contributed by atoms with E-state index in [1.807, 2.05) is 19.1 Å². The Morgan fingerprint density at radius 3 is 2.92 bits per heavy atom. The molecule has 66 valence electrons. The van der Waals surface area contributed by atoms with Gasteiger partial charge in [0.05, 0.1) is 11.9 Å². The Bertz CT molecular complexity index is 245. The van der Waals surface area contributed by atoms with Gasteiger partial charge in [0.25, 0.3) is 0 Å². The molecule has 0 bridgehead atoms. The smallest absolute Gasteiger partial charge is 0.126 e. The zero-order valence-electron chi connectivity index (χ0n) is 7.45. The molecule has 1 atom stereocenters. The number of hydrogen-bond acceptors (Lipinski definition) is 2. The van der Waals surface area contributed by atoms with Crippen molar-refractivity contribution in [2.75, 3.05) is 0 Å². The lowest BCUT2D eigenvalue weighted by Crippen LogP contribution is -2.18. The fraction of sp³-hybridized carbons (Fsp3) is 0.400. The lowest BCUT2D eigenvalue weighted by molar-refractivity contribution is 0.108. The van der Waals surface area contributed by atoms with Crippen LogP contribution >= 0.6 is 0 Å². The van der Waals surface area contributed by atoms with Crippen LogP contribution in [0.1, 0.15) is 26.0 Å². The maximum atomic E-state index is 9.59. The van der Waals surface area contributed by atoms with Crippen molar-refractivity contribution in [2.24, 2.45) is 0 Å². The van der Waals surface area contributed by atoms with Crippen LogP contribution in [0, 0.1) is 0 Å². The van der Waals surface area contributed by atoms with Crippen LogP contribution in [-0.2, 0) is 0 Å². The van der Waals surface area contributed by atoms with Crippen molar-refractivity contribution < 1.29 is 9.52 Å². The Morgan fingerprint density at radius 1 is 1.67 bits per heavy atom. The van der Waals surface area contributed by atoms with Crippen LogP contribution < -0.4 is 0 Å². The quantitative estimate of drug-likeness (QED) is 0.748. The molecule has 0 saturated carbocycles. The molecule has 2 heteroatoms. The predicted molar refractivity (Wildman–Crippen MR) is 48.7 cm³/mol. The summed E-state index contributed by atoms with van der Waals surface area (Å²) in [7, 11) is 0. The maximum Gasteiger partial charge on any atom is 0.126 e. The van der Waals surface area contributed by atoms with Crippen molar-refractivity contribution in [3.63, 3.8) is 0 Å². The fourth-order valence-electron chi connectivity index (χ4n) is 0.766. The summed E-state index contributed by atoms with van der Waals surface area (Å²) in [4.78, 5) is 0. The minimum absolute atomic E-state index is 0.699. The Labute approximate surface area is 72.5 Å². The van der Waals surface area contributed by atoms with Gasteiger partial charge >= 0.3 is 0 Å². The van der Waals surface area contributed by atoms with Gasteiger partial charge in [-0.25, -0.2) is 0 Å². The van der Waals surface area contributed by atoms with Crippen LogP contribution in [0.15, 0.2) is 28.9 Å². The van der Waals surface area contributed by atoms with E-state index < -0.39 is 5.60 Å². The highest BCUT2D eigenvalue weighted by Gasteiger charge is 2.11. The van der Waals surface area contributed by atoms with Crippen molar-refractivity contribution in [1.29, 1.82) is 0 Å². The molecule has 12 heavy (non-hydrogen) atoms. The van der Waals surface area contributed by atoms with Crippen molar-refractivity contribution in [3.05, 3.63) is 30.2 Å². The average molecular weight is 166 g/mol. The summed E-state index contributed by atoms with van der Waals surface area (Å²) < 4.78 is 5.08. The summed E-state index contributed by atoms with van der Waals surface area (Å²) in [5.41, 5.74) is -0.729. The van der Waals surface area contributed by atoms with Crippen LogP contribution in [-0.4, -0.2) is 10.7 Å². The zero-order valence-corrected chi connectivity index (χ0v) is 7.45. The third kappa shape index (κ3) is 2.55. The molecule has 0 aliphatic carbocycles. The van der Waals surface area contributed by atoms with Crippen LogP contribution in [0.3, 0.4) is 0 Å². The van der Waals surface area contributed by atoms with Gasteiger partial charge in [0.15, 0.2) is 0 Å². The SMILES string of the molecule is CCC(C)(O)/C=C/c1ccco1. The Kier molecular flexibility index (Phi) is 2.71. The molecule has 1 unspecified atom stereocenters. The topological polar surface area (TPSA) is 33.4 Å². The van der Waals surface area contributed by atoms with E-state index in [1.165, 1.54) is 0 Å². The first-order valence-corrected chi connectivity index (χ1v) is 4.09. The summed E-state index contributed by atoms with van der Waals surface area (Å²) in [6.45, 7) is 3.71. The number of hydrogen-bond donors (Lipinski definition) is 1.